The summed E-state index contributed by atoms with van der Waals surface area (Å²) in [4.78, 5) is 0. The Kier molecular flexibility index (Phi) is 3.57. The van der Waals surface area contributed by atoms with Crippen LogP contribution in [0.15, 0.2) is 24.3 Å². The Morgan fingerprint density at radius 1 is 1.25 bits per heavy atom. The molecule has 1 aromatic rings. The molecule has 3 nitrogen and oxygen atoms in total. The Bertz CT molecular complexity index is 350. The molecule has 1 aliphatic rings. The maximum atomic E-state index is 7.33. The van der Waals surface area contributed by atoms with E-state index in [0.29, 0.717) is 0 Å². The van der Waals surface area contributed by atoms with Gasteiger partial charge in [-0.15, -0.1) is 0 Å². The van der Waals surface area contributed by atoms with Crippen LogP contribution in [0.5, 0.6) is 0 Å². The number of rotatable bonds is 3. The first-order valence-corrected chi connectivity index (χ1v) is 5.90. The van der Waals surface area contributed by atoms with E-state index in [4.69, 9.17) is 11.1 Å². The average Bonchev–Trinajstić information content (AvgIpc) is 2.31. The van der Waals surface area contributed by atoms with E-state index < -0.39 is 0 Å². The van der Waals surface area contributed by atoms with Crippen LogP contribution in [-0.4, -0.2) is 18.9 Å². The largest absolute Gasteiger partial charge is 0.384 e. The number of nitrogens with one attached hydrogen (secondary N) is 2. The van der Waals surface area contributed by atoms with Gasteiger partial charge in [-0.1, -0.05) is 24.3 Å². The van der Waals surface area contributed by atoms with Gasteiger partial charge in [0.2, 0.25) is 0 Å². The Morgan fingerprint density at radius 3 is 2.44 bits per heavy atom. The molecular formula is C13H19N3. The topological polar surface area (TPSA) is 61.9 Å². The predicted molar refractivity (Wildman–Crippen MR) is 66.8 cm³/mol. The summed E-state index contributed by atoms with van der Waals surface area (Å²) in [6.45, 7) is 2.30. The Balaban J connectivity index is 1.96. The normalized spacial score (nSPS) is 17.2. The third-order valence-corrected chi connectivity index (χ3v) is 3.25. The number of benzene rings is 1. The molecule has 0 amide bonds. The fraction of sp³-hybridized carbons (Fsp3) is 0.462. The van der Waals surface area contributed by atoms with E-state index in [9.17, 15) is 0 Å². The van der Waals surface area contributed by atoms with Crippen LogP contribution in [-0.2, 0) is 6.42 Å². The molecule has 0 unspecified atom stereocenters. The number of piperidine rings is 1. The molecule has 1 aromatic carbocycles. The lowest BCUT2D eigenvalue weighted by Gasteiger charge is -2.22. The second kappa shape index (κ2) is 5.12. The van der Waals surface area contributed by atoms with Crippen molar-refractivity contribution in [2.45, 2.75) is 19.3 Å². The number of nitrogen functional groups attached to an aromatic ring is 1. The van der Waals surface area contributed by atoms with Crippen molar-refractivity contribution in [3.05, 3.63) is 35.4 Å². The predicted octanol–water partition coefficient (Wildman–Crippen LogP) is 1.51. The minimum atomic E-state index is 0.147. The first kappa shape index (κ1) is 11.1. The first-order chi connectivity index (χ1) is 7.75. The van der Waals surface area contributed by atoms with Gasteiger partial charge in [0.05, 0.1) is 0 Å². The summed E-state index contributed by atoms with van der Waals surface area (Å²) >= 11 is 0. The maximum absolute atomic E-state index is 7.33. The van der Waals surface area contributed by atoms with E-state index in [0.717, 1.165) is 31.0 Å². The molecule has 0 aliphatic carbocycles. The van der Waals surface area contributed by atoms with Crippen molar-refractivity contribution in [3.63, 3.8) is 0 Å². The quantitative estimate of drug-likeness (QED) is 0.531. The van der Waals surface area contributed by atoms with Crippen LogP contribution in [0.3, 0.4) is 0 Å². The number of nitrogens with two attached hydrogens (primary N) is 1. The molecule has 0 atom stereocenters. The third kappa shape index (κ3) is 2.83. The van der Waals surface area contributed by atoms with E-state index in [1.807, 2.05) is 12.1 Å². The molecule has 1 fully saturated rings. The fourth-order valence-corrected chi connectivity index (χ4v) is 2.24. The summed E-state index contributed by atoms with van der Waals surface area (Å²) in [6.07, 6.45) is 3.70. The second-order valence-corrected chi connectivity index (χ2v) is 4.51. The molecule has 0 spiro atoms. The lowest BCUT2D eigenvalue weighted by molar-refractivity contribution is 0.372. The Labute approximate surface area is 96.6 Å². The highest BCUT2D eigenvalue weighted by Gasteiger charge is 2.13. The molecule has 0 saturated carbocycles. The standard InChI is InChI=1S/C13H19N3/c14-13(15)12-3-1-10(2-4-12)9-11-5-7-16-8-6-11/h1-4,11,16H,5-9H2,(H3,14,15). The Hall–Kier alpha value is -1.35. The smallest absolute Gasteiger partial charge is 0.122 e. The molecule has 1 saturated heterocycles. The van der Waals surface area contributed by atoms with Gasteiger partial charge in [0.15, 0.2) is 0 Å². The summed E-state index contributed by atoms with van der Waals surface area (Å²) < 4.78 is 0. The van der Waals surface area contributed by atoms with Crippen LogP contribution in [0.2, 0.25) is 0 Å². The highest BCUT2D eigenvalue weighted by atomic mass is 14.9. The molecule has 0 aromatic heterocycles. The van der Waals surface area contributed by atoms with Crippen LogP contribution in [0.1, 0.15) is 24.0 Å². The van der Waals surface area contributed by atoms with Crippen molar-refractivity contribution >= 4 is 5.84 Å². The molecule has 2 rings (SSSR count). The summed E-state index contributed by atoms with van der Waals surface area (Å²) in [5.74, 6) is 0.956. The van der Waals surface area contributed by atoms with Crippen LogP contribution in [0.25, 0.3) is 0 Å². The van der Waals surface area contributed by atoms with Crippen LogP contribution in [0.4, 0.5) is 0 Å². The molecular weight excluding hydrogens is 198 g/mol. The zero-order valence-electron chi connectivity index (χ0n) is 9.50. The van der Waals surface area contributed by atoms with Gasteiger partial charge in [-0.2, -0.15) is 0 Å². The van der Waals surface area contributed by atoms with E-state index in [2.05, 4.69) is 17.4 Å². The highest BCUT2D eigenvalue weighted by molar-refractivity contribution is 5.94. The van der Waals surface area contributed by atoms with Crippen molar-refractivity contribution in [1.82, 2.24) is 5.32 Å². The average molecular weight is 217 g/mol. The number of hydrogen-bond donors (Lipinski definition) is 3. The van der Waals surface area contributed by atoms with Gasteiger partial charge in [-0.25, -0.2) is 0 Å². The zero-order valence-corrected chi connectivity index (χ0v) is 9.50. The van der Waals surface area contributed by atoms with Crippen molar-refractivity contribution in [2.24, 2.45) is 11.7 Å². The Morgan fingerprint density at radius 2 is 1.88 bits per heavy atom. The molecule has 3 heteroatoms. The maximum Gasteiger partial charge on any atom is 0.122 e. The highest BCUT2D eigenvalue weighted by Crippen LogP contribution is 2.18. The van der Waals surface area contributed by atoms with Crippen molar-refractivity contribution in [1.29, 1.82) is 5.41 Å². The van der Waals surface area contributed by atoms with Gasteiger partial charge >= 0.3 is 0 Å². The van der Waals surface area contributed by atoms with E-state index in [1.165, 1.54) is 18.4 Å². The third-order valence-electron chi connectivity index (χ3n) is 3.25. The van der Waals surface area contributed by atoms with Gasteiger partial charge in [0, 0.05) is 5.56 Å². The van der Waals surface area contributed by atoms with E-state index >= 15 is 0 Å². The summed E-state index contributed by atoms with van der Waals surface area (Å²) in [6, 6.07) is 8.08. The zero-order chi connectivity index (χ0) is 11.4. The minimum absolute atomic E-state index is 0.147. The van der Waals surface area contributed by atoms with E-state index in [1.54, 1.807) is 0 Å². The lowest BCUT2D eigenvalue weighted by Crippen LogP contribution is -2.28. The minimum Gasteiger partial charge on any atom is -0.384 e. The number of hydrogen-bond acceptors (Lipinski definition) is 2. The van der Waals surface area contributed by atoms with Gasteiger partial charge < -0.3 is 11.1 Å². The summed E-state index contributed by atoms with van der Waals surface area (Å²) in [5.41, 5.74) is 7.60. The molecule has 16 heavy (non-hydrogen) atoms. The second-order valence-electron chi connectivity index (χ2n) is 4.51. The molecule has 0 bridgehead atoms. The molecule has 1 aliphatic heterocycles. The number of amidine groups is 1. The summed E-state index contributed by atoms with van der Waals surface area (Å²) in [7, 11) is 0. The monoisotopic (exact) mass is 217 g/mol. The van der Waals surface area contributed by atoms with Gasteiger partial charge in [-0.05, 0) is 43.8 Å². The van der Waals surface area contributed by atoms with Crippen molar-refractivity contribution < 1.29 is 0 Å². The van der Waals surface area contributed by atoms with Crippen LogP contribution < -0.4 is 11.1 Å². The SMILES string of the molecule is N=C(N)c1ccc(CC2CCNCC2)cc1. The van der Waals surface area contributed by atoms with Crippen LogP contribution >= 0.6 is 0 Å². The van der Waals surface area contributed by atoms with Gasteiger partial charge in [0.1, 0.15) is 5.84 Å². The van der Waals surface area contributed by atoms with Crippen molar-refractivity contribution in [2.75, 3.05) is 13.1 Å². The lowest BCUT2D eigenvalue weighted by atomic mass is 9.91. The molecule has 0 radical (unpaired) electrons. The molecule has 4 N–H and O–H groups in total. The summed E-state index contributed by atoms with van der Waals surface area (Å²) in [5, 5.41) is 10.7. The molecule has 86 valence electrons. The van der Waals surface area contributed by atoms with Crippen LogP contribution in [0, 0.1) is 11.3 Å². The first-order valence-electron chi connectivity index (χ1n) is 5.90. The van der Waals surface area contributed by atoms with E-state index in [-0.39, 0.29) is 5.84 Å². The fourth-order valence-electron chi connectivity index (χ4n) is 2.24. The van der Waals surface area contributed by atoms with Crippen molar-refractivity contribution in [3.8, 4) is 0 Å². The molecule has 1 heterocycles. The van der Waals surface area contributed by atoms with Gasteiger partial charge in [0.25, 0.3) is 0 Å². The van der Waals surface area contributed by atoms with Gasteiger partial charge in [-0.3, -0.25) is 5.41 Å².